The third-order valence-electron chi connectivity index (χ3n) is 2.94. The zero-order valence-electron chi connectivity index (χ0n) is 10.9. The molecule has 19 heavy (non-hydrogen) atoms. The summed E-state index contributed by atoms with van der Waals surface area (Å²) in [6.07, 6.45) is 2.63. The van der Waals surface area contributed by atoms with Crippen LogP contribution in [0.2, 0.25) is 0 Å². The van der Waals surface area contributed by atoms with Gasteiger partial charge >= 0.3 is 0 Å². The Balaban J connectivity index is 2.44. The van der Waals surface area contributed by atoms with Crippen LogP contribution in [-0.2, 0) is 6.54 Å². The first kappa shape index (κ1) is 14.1. The molecule has 1 N–H and O–H groups in total. The summed E-state index contributed by atoms with van der Waals surface area (Å²) >= 11 is 3.37. The van der Waals surface area contributed by atoms with Gasteiger partial charge in [0.25, 0.3) is 0 Å². The first-order valence-electron chi connectivity index (χ1n) is 6.18. The second-order valence-corrected chi connectivity index (χ2v) is 5.19. The van der Waals surface area contributed by atoms with Crippen molar-refractivity contribution in [2.75, 3.05) is 7.05 Å². The molecule has 0 aliphatic rings. The van der Waals surface area contributed by atoms with Gasteiger partial charge in [-0.15, -0.1) is 5.10 Å². The van der Waals surface area contributed by atoms with Gasteiger partial charge in [0.05, 0.1) is 17.9 Å². The summed E-state index contributed by atoms with van der Waals surface area (Å²) in [7, 11) is 1.80. The molecule has 0 bridgehead atoms. The fourth-order valence-corrected chi connectivity index (χ4v) is 2.45. The number of benzene rings is 1. The quantitative estimate of drug-likeness (QED) is 0.918. The van der Waals surface area contributed by atoms with Gasteiger partial charge in [-0.05, 0) is 31.7 Å². The highest BCUT2D eigenvalue weighted by Crippen LogP contribution is 2.26. The van der Waals surface area contributed by atoms with E-state index < -0.39 is 0 Å². The Labute approximate surface area is 120 Å². The van der Waals surface area contributed by atoms with Gasteiger partial charge in [-0.2, -0.15) is 0 Å². The maximum absolute atomic E-state index is 14.0. The van der Waals surface area contributed by atoms with E-state index in [4.69, 9.17) is 0 Å². The molecule has 1 unspecified atom stereocenters. The van der Waals surface area contributed by atoms with Gasteiger partial charge < -0.3 is 5.32 Å². The molecule has 0 amide bonds. The summed E-state index contributed by atoms with van der Waals surface area (Å²) in [5, 5.41) is 11.1. The Morgan fingerprint density at radius 3 is 2.95 bits per heavy atom. The van der Waals surface area contributed by atoms with Gasteiger partial charge in [-0.25, -0.2) is 9.07 Å². The molecule has 1 heterocycles. The molecule has 0 fully saturated rings. The maximum Gasteiger partial charge on any atom is 0.128 e. The molecule has 2 aromatic rings. The van der Waals surface area contributed by atoms with E-state index in [2.05, 4.69) is 38.5 Å². The van der Waals surface area contributed by atoms with E-state index >= 15 is 0 Å². The fraction of sp³-hybridized carbons (Fsp3) is 0.385. The molecular weight excluding hydrogens is 311 g/mol. The van der Waals surface area contributed by atoms with E-state index in [1.807, 2.05) is 4.68 Å². The van der Waals surface area contributed by atoms with Crippen molar-refractivity contribution >= 4 is 15.9 Å². The lowest BCUT2D eigenvalue weighted by Gasteiger charge is -2.18. The molecule has 4 nitrogen and oxygen atoms in total. The monoisotopic (exact) mass is 326 g/mol. The van der Waals surface area contributed by atoms with E-state index in [1.165, 1.54) is 6.07 Å². The Kier molecular flexibility index (Phi) is 4.66. The third-order valence-corrected chi connectivity index (χ3v) is 3.43. The van der Waals surface area contributed by atoms with Crippen LogP contribution in [0.4, 0.5) is 4.39 Å². The Morgan fingerprint density at radius 1 is 1.47 bits per heavy atom. The lowest BCUT2D eigenvalue weighted by atomic mass is 10.0. The Morgan fingerprint density at radius 2 is 2.26 bits per heavy atom. The maximum atomic E-state index is 14.0. The van der Waals surface area contributed by atoms with Crippen molar-refractivity contribution in [3.05, 3.63) is 45.9 Å². The smallest absolute Gasteiger partial charge is 0.128 e. The molecule has 0 spiro atoms. The lowest BCUT2D eigenvalue weighted by molar-refractivity contribution is 0.508. The normalized spacial score (nSPS) is 12.6. The lowest BCUT2D eigenvalue weighted by Crippen LogP contribution is -2.22. The highest BCUT2D eigenvalue weighted by molar-refractivity contribution is 9.10. The standard InChI is InChI=1S/C13H16BrFN4/c1-3-6-19-12(8-17-18-19)13(16-2)10-7-9(14)4-5-11(10)15/h4-5,7-8,13,16H,3,6H2,1-2H3. The molecular formula is C13H16BrFN4. The van der Waals surface area contributed by atoms with Crippen LogP contribution in [0.15, 0.2) is 28.9 Å². The average Bonchev–Trinajstić information content (AvgIpc) is 2.83. The van der Waals surface area contributed by atoms with E-state index in [-0.39, 0.29) is 11.9 Å². The second kappa shape index (κ2) is 6.25. The molecule has 0 aliphatic heterocycles. The van der Waals surface area contributed by atoms with Crippen molar-refractivity contribution in [1.29, 1.82) is 0 Å². The molecule has 0 aliphatic carbocycles. The summed E-state index contributed by atoms with van der Waals surface area (Å²) < 4.78 is 16.7. The molecule has 1 atom stereocenters. The molecule has 1 aromatic heterocycles. The summed E-state index contributed by atoms with van der Waals surface area (Å²) in [6.45, 7) is 2.84. The van der Waals surface area contributed by atoms with E-state index in [0.717, 1.165) is 23.1 Å². The predicted octanol–water partition coefficient (Wildman–Crippen LogP) is 2.90. The van der Waals surface area contributed by atoms with Crippen molar-refractivity contribution in [3.8, 4) is 0 Å². The number of aromatic nitrogens is 3. The van der Waals surface area contributed by atoms with Gasteiger partial charge in [0.15, 0.2) is 0 Å². The van der Waals surface area contributed by atoms with Gasteiger partial charge in [-0.1, -0.05) is 28.1 Å². The van der Waals surface area contributed by atoms with Crippen LogP contribution in [0.1, 0.15) is 30.6 Å². The van der Waals surface area contributed by atoms with Crippen molar-refractivity contribution in [3.63, 3.8) is 0 Å². The molecule has 102 valence electrons. The number of aryl methyl sites for hydroxylation is 1. The minimum atomic E-state index is -0.265. The van der Waals surface area contributed by atoms with Crippen molar-refractivity contribution in [2.45, 2.75) is 25.9 Å². The predicted molar refractivity (Wildman–Crippen MR) is 75.3 cm³/mol. The first-order valence-corrected chi connectivity index (χ1v) is 6.97. The van der Waals surface area contributed by atoms with Crippen LogP contribution in [-0.4, -0.2) is 22.0 Å². The van der Waals surface area contributed by atoms with Crippen molar-refractivity contribution in [1.82, 2.24) is 20.3 Å². The largest absolute Gasteiger partial charge is 0.308 e. The number of rotatable bonds is 5. The first-order chi connectivity index (χ1) is 9.17. The van der Waals surface area contributed by atoms with Crippen LogP contribution >= 0.6 is 15.9 Å². The van der Waals surface area contributed by atoms with E-state index in [9.17, 15) is 4.39 Å². The summed E-state index contributed by atoms with van der Waals surface area (Å²) in [5.74, 6) is -0.244. The minimum absolute atomic E-state index is 0.244. The number of nitrogens with one attached hydrogen (secondary N) is 1. The summed E-state index contributed by atoms with van der Waals surface area (Å²) in [5.41, 5.74) is 1.44. The van der Waals surface area contributed by atoms with E-state index in [0.29, 0.717) is 5.56 Å². The van der Waals surface area contributed by atoms with Crippen LogP contribution in [0.5, 0.6) is 0 Å². The molecule has 0 saturated carbocycles. The van der Waals surface area contributed by atoms with Crippen LogP contribution in [0, 0.1) is 5.82 Å². The molecule has 0 radical (unpaired) electrons. The van der Waals surface area contributed by atoms with Crippen LogP contribution < -0.4 is 5.32 Å². The highest BCUT2D eigenvalue weighted by Gasteiger charge is 2.20. The summed E-state index contributed by atoms with van der Waals surface area (Å²) in [4.78, 5) is 0. The van der Waals surface area contributed by atoms with Crippen molar-refractivity contribution < 1.29 is 4.39 Å². The third kappa shape index (κ3) is 3.01. The van der Waals surface area contributed by atoms with Gasteiger partial charge in [-0.3, -0.25) is 0 Å². The molecule has 1 aromatic carbocycles. The average molecular weight is 327 g/mol. The summed E-state index contributed by atoms with van der Waals surface area (Å²) in [6, 6.07) is 4.66. The number of hydrogen-bond donors (Lipinski definition) is 1. The van der Waals surface area contributed by atoms with Gasteiger partial charge in [0.1, 0.15) is 5.82 Å². The minimum Gasteiger partial charge on any atom is -0.308 e. The van der Waals surface area contributed by atoms with Crippen molar-refractivity contribution in [2.24, 2.45) is 0 Å². The number of hydrogen-bond acceptors (Lipinski definition) is 3. The van der Waals surface area contributed by atoms with Gasteiger partial charge in [0.2, 0.25) is 0 Å². The van der Waals surface area contributed by atoms with Crippen LogP contribution in [0.25, 0.3) is 0 Å². The zero-order valence-corrected chi connectivity index (χ0v) is 12.5. The van der Waals surface area contributed by atoms with Gasteiger partial charge in [0, 0.05) is 16.6 Å². The molecule has 0 saturated heterocycles. The Bertz CT molecular complexity index is 555. The Hall–Kier alpha value is -1.27. The SMILES string of the molecule is CCCn1nncc1C(NC)c1cc(Br)ccc1F. The van der Waals surface area contributed by atoms with Crippen LogP contribution in [0.3, 0.4) is 0 Å². The topological polar surface area (TPSA) is 42.7 Å². The molecule has 2 rings (SSSR count). The molecule has 6 heteroatoms. The highest BCUT2D eigenvalue weighted by atomic mass is 79.9. The number of nitrogens with zero attached hydrogens (tertiary/aromatic N) is 3. The van der Waals surface area contributed by atoms with E-state index in [1.54, 1.807) is 25.4 Å². The second-order valence-electron chi connectivity index (χ2n) is 4.27. The fourth-order valence-electron chi connectivity index (χ4n) is 2.07. The number of halogens is 2. The zero-order chi connectivity index (χ0) is 13.8.